The normalized spacial score (nSPS) is 21.6. The van der Waals surface area contributed by atoms with Gasteiger partial charge in [0.15, 0.2) is 9.84 Å². The maximum absolute atomic E-state index is 12.9. The molecule has 1 N–H and O–H groups in total. The molecule has 2 aromatic heterocycles. The number of thiophene rings is 2. The standard InChI is InChI=1S/C20H20O5S3/c1-25-14-4-5-15-13(10-14)11-17(26-15)16-6-7-18(27-16)20(12-19(21)22)8-2-3-9-28(20,23)24/h4-7,10-11H,2-3,8-9,12H2,1H3,(H,21,22)/t20-/m0/s1. The van der Waals surface area contributed by atoms with Crippen LogP contribution in [-0.4, -0.2) is 32.4 Å². The third-order valence-corrected chi connectivity index (χ3v) is 10.6. The van der Waals surface area contributed by atoms with Crippen molar-refractivity contribution in [2.24, 2.45) is 0 Å². The average Bonchev–Trinajstić information content (AvgIpc) is 3.29. The van der Waals surface area contributed by atoms with Crippen LogP contribution < -0.4 is 4.74 Å². The van der Waals surface area contributed by atoms with Gasteiger partial charge >= 0.3 is 5.97 Å². The summed E-state index contributed by atoms with van der Waals surface area (Å²) < 4.78 is 31.0. The Kier molecular flexibility index (Phi) is 4.97. The monoisotopic (exact) mass is 436 g/mol. The Labute approximate surface area is 171 Å². The second-order valence-electron chi connectivity index (χ2n) is 7.02. The number of aliphatic carboxylic acids is 1. The van der Waals surface area contributed by atoms with Gasteiger partial charge in [-0.2, -0.15) is 0 Å². The molecule has 0 aliphatic carbocycles. The Morgan fingerprint density at radius 1 is 1.14 bits per heavy atom. The molecule has 0 bridgehead atoms. The molecule has 1 aliphatic rings. The van der Waals surface area contributed by atoms with Gasteiger partial charge in [0.25, 0.3) is 0 Å². The number of rotatable bonds is 5. The quantitative estimate of drug-likeness (QED) is 0.615. The summed E-state index contributed by atoms with van der Waals surface area (Å²) in [4.78, 5) is 14.2. The first-order valence-corrected chi connectivity index (χ1v) is 12.3. The van der Waals surface area contributed by atoms with Gasteiger partial charge in [0.1, 0.15) is 10.5 Å². The van der Waals surface area contributed by atoms with Crippen LogP contribution in [-0.2, 0) is 19.4 Å². The molecule has 1 atom stereocenters. The Morgan fingerprint density at radius 3 is 2.68 bits per heavy atom. The van der Waals surface area contributed by atoms with Crippen molar-refractivity contribution in [2.75, 3.05) is 12.9 Å². The number of sulfone groups is 1. The van der Waals surface area contributed by atoms with Crippen molar-refractivity contribution in [3.63, 3.8) is 0 Å². The second-order valence-corrected chi connectivity index (χ2v) is 11.6. The van der Waals surface area contributed by atoms with Crippen LogP contribution in [0.4, 0.5) is 0 Å². The number of benzene rings is 1. The van der Waals surface area contributed by atoms with Crippen LogP contribution in [0.1, 0.15) is 30.6 Å². The second kappa shape index (κ2) is 7.17. The summed E-state index contributed by atoms with van der Waals surface area (Å²) in [5.41, 5.74) is 0. The third-order valence-electron chi connectivity index (χ3n) is 5.30. The molecule has 0 amide bonds. The number of carbonyl (C=O) groups is 1. The van der Waals surface area contributed by atoms with E-state index >= 15 is 0 Å². The maximum Gasteiger partial charge on any atom is 0.305 e. The van der Waals surface area contributed by atoms with Crippen molar-refractivity contribution in [1.29, 1.82) is 0 Å². The summed E-state index contributed by atoms with van der Waals surface area (Å²) in [5, 5.41) is 10.5. The van der Waals surface area contributed by atoms with Gasteiger partial charge in [0, 0.05) is 19.3 Å². The summed E-state index contributed by atoms with van der Waals surface area (Å²) in [6.07, 6.45) is 1.31. The minimum atomic E-state index is -3.52. The molecular weight excluding hydrogens is 416 g/mol. The van der Waals surface area contributed by atoms with Crippen molar-refractivity contribution in [3.8, 4) is 15.5 Å². The van der Waals surface area contributed by atoms with Gasteiger partial charge in [-0.3, -0.25) is 4.79 Å². The largest absolute Gasteiger partial charge is 0.497 e. The van der Waals surface area contributed by atoms with Crippen molar-refractivity contribution in [3.05, 3.63) is 41.3 Å². The highest BCUT2D eigenvalue weighted by Crippen LogP contribution is 2.48. The zero-order chi connectivity index (χ0) is 19.9. The lowest BCUT2D eigenvalue weighted by atomic mass is 9.95. The first kappa shape index (κ1) is 19.4. The van der Waals surface area contributed by atoms with E-state index in [9.17, 15) is 18.3 Å². The molecule has 1 aromatic carbocycles. The zero-order valence-corrected chi connectivity index (χ0v) is 17.8. The van der Waals surface area contributed by atoms with Crippen molar-refractivity contribution < 1.29 is 23.1 Å². The molecule has 0 unspecified atom stereocenters. The van der Waals surface area contributed by atoms with Crippen LogP contribution in [0.5, 0.6) is 5.75 Å². The number of carboxylic acids is 1. The fourth-order valence-corrected chi connectivity index (χ4v) is 8.74. The molecule has 3 aromatic rings. The molecule has 0 radical (unpaired) electrons. The topological polar surface area (TPSA) is 80.7 Å². The molecule has 28 heavy (non-hydrogen) atoms. The van der Waals surface area contributed by atoms with Gasteiger partial charge in [-0.15, -0.1) is 22.7 Å². The number of hydrogen-bond donors (Lipinski definition) is 1. The lowest BCUT2D eigenvalue weighted by Crippen LogP contribution is -2.41. The first-order valence-electron chi connectivity index (χ1n) is 8.97. The highest BCUT2D eigenvalue weighted by atomic mass is 32.2. The number of carboxylic acid groups (broad SMARTS) is 1. The molecule has 1 fully saturated rings. The predicted octanol–water partition coefficient (Wildman–Crippen LogP) is 4.91. The molecule has 8 heteroatoms. The molecule has 5 nitrogen and oxygen atoms in total. The van der Waals surface area contributed by atoms with Crippen LogP contribution in [0.15, 0.2) is 36.4 Å². The van der Waals surface area contributed by atoms with E-state index in [0.29, 0.717) is 17.7 Å². The van der Waals surface area contributed by atoms with Crippen LogP contribution in [0.3, 0.4) is 0 Å². The number of fused-ring (bicyclic) bond motifs is 1. The van der Waals surface area contributed by atoms with Crippen molar-refractivity contribution in [1.82, 2.24) is 0 Å². The molecule has 4 rings (SSSR count). The van der Waals surface area contributed by atoms with E-state index in [1.165, 1.54) is 11.3 Å². The van der Waals surface area contributed by atoms with E-state index in [-0.39, 0.29) is 12.2 Å². The minimum Gasteiger partial charge on any atom is -0.497 e. The SMILES string of the molecule is COc1ccc2sc(-c3ccc([C@@]4(CC(=O)O)CCCCS4(=O)=O)s3)cc2c1. The molecule has 1 aliphatic heterocycles. The smallest absolute Gasteiger partial charge is 0.305 e. The molecular formula is C20H20O5S3. The van der Waals surface area contributed by atoms with Crippen molar-refractivity contribution in [2.45, 2.75) is 30.4 Å². The Bertz CT molecular complexity index is 1140. The van der Waals surface area contributed by atoms with Crippen molar-refractivity contribution >= 4 is 48.6 Å². The van der Waals surface area contributed by atoms with Crippen LogP contribution in [0.25, 0.3) is 19.8 Å². The van der Waals surface area contributed by atoms with Gasteiger partial charge in [-0.05, 0) is 54.6 Å². The minimum absolute atomic E-state index is 0.0518. The van der Waals surface area contributed by atoms with Gasteiger partial charge < -0.3 is 9.84 Å². The molecule has 1 saturated heterocycles. The number of methoxy groups -OCH3 is 1. The first-order chi connectivity index (χ1) is 13.3. The number of hydrogen-bond acceptors (Lipinski definition) is 6. The van der Waals surface area contributed by atoms with E-state index in [1.54, 1.807) is 24.5 Å². The average molecular weight is 437 g/mol. The number of ether oxygens (including phenoxy) is 1. The van der Waals surface area contributed by atoms with E-state index in [0.717, 1.165) is 32.0 Å². The van der Waals surface area contributed by atoms with Gasteiger partial charge in [0.2, 0.25) is 0 Å². The van der Waals surface area contributed by atoms with Gasteiger partial charge in [0.05, 0.1) is 19.3 Å². The van der Waals surface area contributed by atoms with Crippen LogP contribution >= 0.6 is 22.7 Å². The van der Waals surface area contributed by atoms with Crippen LogP contribution in [0, 0.1) is 0 Å². The predicted molar refractivity (Wildman–Crippen MR) is 113 cm³/mol. The fourth-order valence-electron chi connectivity index (χ4n) is 3.84. The summed E-state index contributed by atoms with van der Waals surface area (Å²) in [6.45, 7) is 0. The highest BCUT2D eigenvalue weighted by Gasteiger charge is 2.49. The van der Waals surface area contributed by atoms with E-state index in [4.69, 9.17) is 4.74 Å². The third kappa shape index (κ3) is 3.23. The van der Waals surface area contributed by atoms with E-state index < -0.39 is 20.6 Å². The Morgan fingerprint density at radius 2 is 1.96 bits per heavy atom. The zero-order valence-electron chi connectivity index (χ0n) is 15.3. The summed E-state index contributed by atoms with van der Waals surface area (Å²) in [6, 6.07) is 11.7. The Balaban J connectivity index is 1.78. The summed E-state index contributed by atoms with van der Waals surface area (Å²) >= 11 is 3.03. The van der Waals surface area contributed by atoms with E-state index in [2.05, 4.69) is 6.07 Å². The Hall–Kier alpha value is -1.90. The lowest BCUT2D eigenvalue weighted by molar-refractivity contribution is -0.137. The summed E-state index contributed by atoms with van der Waals surface area (Å²) in [7, 11) is -1.89. The molecule has 3 heterocycles. The summed E-state index contributed by atoms with van der Waals surface area (Å²) in [5.74, 6) is -0.234. The molecule has 0 spiro atoms. The van der Waals surface area contributed by atoms with Gasteiger partial charge in [-0.25, -0.2) is 8.42 Å². The highest BCUT2D eigenvalue weighted by molar-refractivity contribution is 7.92. The van der Waals surface area contributed by atoms with Crippen LogP contribution in [0.2, 0.25) is 0 Å². The molecule has 148 valence electrons. The lowest BCUT2D eigenvalue weighted by Gasteiger charge is -2.34. The van der Waals surface area contributed by atoms with E-state index in [1.807, 2.05) is 24.3 Å². The molecule has 0 saturated carbocycles. The fraction of sp³-hybridized carbons (Fsp3) is 0.350. The maximum atomic E-state index is 12.9. The van der Waals surface area contributed by atoms with Gasteiger partial charge in [-0.1, -0.05) is 6.42 Å².